The molecule has 0 aromatic carbocycles. The second kappa shape index (κ2) is 2.70. The lowest BCUT2D eigenvalue weighted by Gasteiger charge is -1.90. The van der Waals surface area contributed by atoms with Gasteiger partial charge in [-0.15, -0.1) is 4.67 Å². The van der Waals surface area contributed by atoms with Crippen LogP contribution in [-0.2, 0) is 14.1 Å². The van der Waals surface area contributed by atoms with Crippen molar-refractivity contribution in [2.75, 3.05) is 0 Å². The summed E-state index contributed by atoms with van der Waals surface area (Å²) in [6, 6.07) is 0. The highest BCUT2D eigenvalue weighted by atomic mass is 31.1. The van der Waals surface area contributed by atoms with Crippen molar-refractivity contribution in [3.05, 3.63) is 24.2 Å². The van der Waals surface area contributed by atoms with Crippen molar-refractivity contribution in [2.24, 2.45) is 0 Å². The van der Waals surface area contributed by atoms with E-state index < -0.39 is 8.03 Å². The molecule has 0 spiro atoms. The highest BCUT2D eigenvalue weighted by molar-refractivity contribution is 7.42. The van der Waals surface area contributed by atoms with Gasteiger partial charge in [0.1, 0.15) is 6.26 Å². The van der Waals surface area contributed by atoms with E-state index in [1.54, 1.807) is 12.2 Å². The summed E-state index contributed by atoms with van der Waals surface area (Å²) >= 11 is 0. The number of rotatable bonds is 0. The maximum absolute atomic E-state index is 10.4. The summed E-state index contributed by atoms with van der Waals surface area (Å²) in [5.41, 5.74) is 0. The van der Waals surface area contributed by atoms with Gasteiger partial charge in [0.15, 0.2) is 0 Å². The first-order valence-corrected chi connectivity index (χ1v) is 3.49. The summed E-state index contributed by atoms with van der Waals surface area (Å²) in [4.78, 5) is 4.30. The van der Waals surface area contributed by atoms with Crippen molar-refractivity contribution in [2.45, 2.75) is 0 Å². The molecule has 0 amide bonds. The Labute approximate surface area is 47.4 Å². The maximum Gasteiger partial charge on any atom is 0.258 e. The molecule has 3 nitrogen and oxygen atoms in total. The van der Waals surface area contributed by atoms with Gasteiger partial charge in [-0.05, 0) is 6.08 Å². The molecule has 0 saturated carbocycles. The zero-order valence-electron chi connectivity index (χ0n) is 4.03. The molecule has 1 atom stereocenters. The van der Waals surface area contributed by atoms with Crippen LogP contribution in [0, 0.1) is 0 Å². The van der Waals surface area contributed by atoms with Crippen LogP contribution in [0.1, 0.15) is 0 Å². The third-order valence-electron chi connectivity index (χ3n) is 0.608. The molecule has 4 heteroatoms. The second-order valence-electron chi connectivity index (χ2n) is 1.19. The first-order valence-electron chi connectivity index (χ1n) is 2.10. The van der Waals surface area contributed by atoms with Crippen molar-refractivity contribution in [1.29, 1.82) is 0 Å². The van der Waals surface area contributed by atoms with Gasteiger partial charge in [-0.3, -0.25) is 4.57 Å². The molecule has 0 fully saturated rings. The van der Waals surface area contributed by atoms with E-state index in [1.165, 1.54) is 12.1 Å². The quantitative estimate of drug-likeness (QED) is 0.369. The van der Waals surface area contributed by atoms with Crippen LogP contribution in [0.25, 0.3) is 0 Å². The minimum Gasteiger partial charge on any atom is -0.339 e. The first kappa shape index (κ1) is 5.60. The summed E-state index contributed by atoms with van der Waals surface area (Å²) in [6.07, 6.45) is 4.55. The van der Waals surface area contributed by atoms with Gasteiger partial charge >= 0.3 is 0 Å². The van der Waals surface area contributed by atoms with Gasteiger partial charge in [0.2, 0.25) is 0 Å². The number of hydrogen-bond acceptors (Lipinski definition) is 3. The lowest BCUT2D eigenvalue weighted by atomic mass is 10.6. The molecule has 44 valence electrons. The Morgan fingerprint density at radius 1 is 1.38 bits per heavy atom. The van der Waals surface area contributed by atoms with Crippen molar-refractivity contribution >= 4 is 8.03 Å². The lowest BCUT2D eigenvalue weighted by Crippen LogP contribution is -1.68. The molecule has 0 aliphatic carbocycles. The number of allylic oxidation sites excluding steroid dienone is 2. The second-order valence-corrected chi connectivity index (χ2v) is 2.32. The van der Waals surface area contributed by atoms with E-state index >= 15 is 0 Å². The molecule has 0 saturated heterocycles. The minimum atomic E-state index is -2.04. The van der Waals surface area contributed by atoms with E-state index in [0.29, 0.717) is 0 Å². The summed E-state index contributed by atoms with van der Waals surface area (Å²) in [6.45, 7) is 0. The highest BCUT2D eigenvalue weighted by Crippen LogP contribution is 2.25. The average molecular weight is 132 g/mol. The van der Waals surface area contributed by atoms with Crippen LogP contribution >= 0.6 is 8.03 Å². The van der Waals surface area contributed by atoms with Crippen LogP contribution < -0.4 is 0 Å². The lowest BCUT2D eigenvalue weighted by molar-refractivity contribution is -0.140. The predicted molar refractivity (Wildman–Crippen MR) is 29.5 cm³/mol. The molecule has 0 aromatic rings. The molecule has 1 unspecified atom stereocenters. The predicted octanol–water partition coefficient (Wildman–Crippen LogP) is 1.45. The fourth-order valence-electron chi connectivity index (χ4n) is 0.315. The van der Waals surface area contributed by atoms with Gasteiger partial charge in [-0.2, -0.15) is 0 Å². The highest BCUT2D eigenvalue weighted by Gasteiger charge is 1.92. The topological polar surface area (TPSA) is 35.5 Å². The number of hydrogen-bond donors (Lipinski definition) is 0. The molecular formula is C4H5O3P. The Hall–Kier alpha value is -0.530. The molecule has 0 aromatic heterocycles. The molecule has 0 bridgehead atoms. The Morgan fingerprint density at radius 3 is 3.12 bits per heavy atom. The van der Waals surface area contributed by atoms with Crippen molar-refractivity contribution in [1.82, 2.24) is 0 Å². The molecule has 0 radical (unpaired) electrons. The maximum atomic E-state index is 10.4. The Balaban J connectivity index is 2.58. The van der Waals surface area contributed by atoms with Crippen LogP contribution in [0.5, 0.6) is 0 Å². The van der Waals surface area contributed by atoms with E-state index in [-0.39, 0.29) is 0 Å². The van der Waals surface area contributed by atoms with Crippen molar-refractivity contribution in [3.63, 3.8) is 0 Å². The minimum absolute atomic E-state index is 1.33. The normalized spacial score (nSPS) is 26.8. The molecular weight excluding hydrogens is 127 g/mol. The monoisotopic (exact) mass is 132 g/mol. The van der Waals surface area contributed by atoms with E-state index in [9.17, 15) is 4.57 Å². The smallest absolute Gasteiger partial charge is 0.258 e. The van der Waals surface area contributed by atoms with Gasteiger partial charge in [0.25, 0.3) is 8.03 Å². The molecule has 8 heavy (non-hydrogen) atoms. The summed E-state index contributed by atoms with van der Waals surface area (Å²) in [5, 5.41) is 0. The zero-order valence-corrected chi connectivity index (χ0v) is 5.03. The third kappa shape index (κ3) is 1.52. The third-order valence-corrected chi connectivity index (χ3v) is 1.33. The SMILES string of the molecule is O=[PH]1C=CC=COO1. The van der Waals surface area contributed by atoms with Crippen LogP contribution in [-0.4, -0.2) is 0 Å². The van der Waals surface area contributed by atoms with Gasteiger partial charge in [0, 0.05) is 5.82 Å². The van der Waals surface area contributed by atoms with Gasteiger partial charge in [-0.25, -0.2) is 0 Å². The Kier molecular flexibility index (Phi) is 1.89. The summed E-state index contributed by atoms with van der Waals surface area (Å²) in [7, 11) is -2.04. The van der Waals surface area contributed by atoms with E-state index in [2.05, 4.69) is 9.56 Å². The summed E-state index contributed by atoms with van der Waals surface area (Å²) < 4.78 is 14.7. The molecule has 0 N–H and O–H groups in total. The molecule has 1 aliphatic rings. The van der Waals surface area contributed by atoms with E-state index in [4.69, 9.17) is 0 Å². The largest absolute Gasteiger partial charge is 0.339 e. The van der Waals surface area contributed by atoms with Crippen LogP contribution in [0.15, 0.2) is 24.2 Å². The van der Waals surface area contributed by atoms with Crippen molar-refractivity contribution in [3.8, 4) is 0 Å². The van der Waals surface area contributed by atoms with Crippen LogP contribution in [0.4, 0.5) is 0 Å². The first-order chi connectivity index (χ1) is 3.89. The molecule has 1 heterocycles. The fourth-order valence-corrected chi connectivity index (χ4v) is 0.789. The van der Waals surface area contributed by atoms with Crippen LogP contribution in [0.2, 0.25) is 0 Å². The van der Waals surface area contributed by atoms with Gasteiger partial charge in [-0.1, -0.05) is 6.08 Å². The zero-order chi connectivity index (χ0) is 5.82. The Bertz CT molecular complexity index is 149. The Morgan fingerprint density at radius 2 is 2.25 bits per heavy atom. The van der Waals surface area contributed by atoms with E-state index in [0.717, 1.165) is 0 Å². The summed E-state index contributed by atoms with van der Waals surface area (Å²) in [5.74, 6) is 1.45. The molecule has 1 rings (SSSR count). The van der Waals surface area contributed by atoms with Gasteiger partial charge < -0.3 is 4.89 Å². The van der Waals surface area contributed by atoms with Gasteiger partial charge in [0.05, 0.1) is 0 Å². The standard InChI is InChI=1S/C4H5O3P/c5-8-4-2-1-3-6-7-8/h1-4,8H. The molecule has 1 aliphatic heterocycles. The van der Waals surface area contributed by atoms with E-state index in [1.807, 2.05) is 0 Å². The van der Waals surface area contributed by atoms with Crippen molar-refractivity contribution < 1.29 is 14.1 Å². The van der Waals surface area contributed by atoms with Crippen LogP contribution in [0.3, 0.4) is 0 Å². The average Bonchev–Trinajstić information content (AvgIpc) is 1.94. The fraction of sp³-hybridized carbons (Fsp3) is 0.